The third-order valence-corrected chi connectivity index (χ3v) is 9.06. The fourth-order valence-corrected chi connectivity index (χ4v) is 6.71. The van der Waals surface area contributed by atoms with Crippen LogP contribution in [0.3, 0.4) is 0 Å². The van der Waals surface area contributed by atoms with Crippen LogP contribution >= 0.6 is 11.3 Å². The van der Waals surface area contributed by atoms with Crippen molar-refractivity contribution < 1.29 is 19.4 Å². The first-order valence-electron chi connectivity index (χ1n) is 15.0. The Labute approximate surface area is 264 Å². The monoisotopic (exact) mass is 619 g/mol. The zero-order chi connectivity index (χ0) is 32.7. The summed E-state index contributed by atoms with van der Waals surface area (Å²) < 4.78 is 13.4. The zero-order valence-corrected chi connectivity index (χ0v) is 28.6. The van der Waals surface area contributed by atoms with Gasteiger partial charge in [-0.05, 0) is 73.6 Å². The van der Waals surface area contributed by atoms with Gasteiger partial charge in [0.05, 0.1) is 30.0 Å². The summed E-state index contributed by atoms with van der Waals surface area (Å²) >= 11 is 1.28. The summed E-state index contributed by atoms with van der Waals surface area (Å²) in [6.07, 6.45) is 1.86. The minimum Gasteiger partial charge on any atom is -0.507 e. The van der Waals surface area contributed by atoms with Gasteiger partial charge in [0.25, 0.3) is 11.5 Å². The lowest BCUT2D eigenvalue weighted by Crippen LogP contribution is -2.43. The van der Waals surface area contributed by atoms with Gasteiger partial charge >= 0.3 is 0 Å². The number of fused-ring (bicyclic) bond motifs is 1. The Bertz CT molecular complexity index is 1760. The number of aromatic nitrogens is 1. The number of allylic oxidation sites excluding steroid dienone is 1. The lowest BCUT2D eigenvalue weighted by Gasteiger charge is -2.30. The van der Waals surface area contributed by atoms with Crippen molar-refractivity contribution in [2.75, 3.05) is 27.3 Å². The number of aromatic hydroxyl groups is 1. The summed E-state index contributed by atoms with van der Waals surface area (Å²) in [4.78, 5) is 35.4. The minimum atomic E-state index is -0.776. The molecule has 0 aliphatic carbocycles. The van der Waals surface area contributed by atoms with Crippen LogP contribution in [0.2, 0.25) is 0 Å². The molecule has 2 heterocycles. The number of likely N-dealkylation sites (N-methyl/N-ethyl adjacent to an activating group) is 1. The Morgan fingerprint density at radius 2 is 1.61 bits per heavy atom. The minimum absolute atomic E-state index is 0.177. The van der Waals surface area contributed by atoms with Gasteiger partial charge in [-0.15, -0.1) is 0 Å². The van der Waals surface area contributed by atoms with Crippen molar-refractivity contribution in [2.24, 2.45) is 4.99 Å². The fraction of sp³-hybridized carbons (Fsp3) is 0.457. The normalized spacial score (nSPS) is 15.6. The highest BCUT2D eigenvalue weighted by atomic mass is 32.1. The van der Waals surface area contributed by atoms with Gasteiger partial charge in [-0.3, -0.25) is 14.2 Å². The van der Waals surface area contributed by atoms with Crippen LogP contribution in [-0.2, 0) is 15.6 Å². The number of amides is 1. The molecule has 4 rings (SSSR count). The number of phenols is 1. The van der Waals surface area contributed by atoms with Crippen LogP contribution in [0.15, 0.2) is 51.4 Å². The van der Waals surface area contributed by atoms with Gasteiger partial charge in [-0.2, -0.15) is 0 Å². The van der Waals surface area contributed by atoms with E-state index >= 15 is 0 Å². The van der Waals surface area contributed by atoms with Gasteiger partial charge in [0.2, 0.25) is 0 Å². The molecule has 0 unspecified atom stereocenters. The number of benzene rings is 2. The third kappa shape index (κ3) is 6.07. The van der Waals surface area contributed by atoms with Crippen LogP contribution < -0.4 is 24.4 Å². The van der Waals surface area contributed by atoms with Gasteiger partial charge in [0.15, 0.2) is 4.80 Å². The average Bonchev–Trinajstić information content (AvgIpc) is 3.25. The molecule has 8 nitrogen and oxygen atoms in total. The summed E-state index contributed by atoms with van der Waals surface area (Å²) in [5.74, 6) is 1.22. The predicted molar refractivity (Wildman–Crippen MR) is 177 cm³/mol. The van der Waals surface area contributed by atoms with Crippen LogP contribution in [0.25, 0.3) is 6.08 Å². The number of nitrogens with zero attached hydrogens (tertiary/aromatic N) is 3. The topological polar surface area (TPSA) is 93.4 Å². The molecule has 1 aliphatic heterocycles. The molecule has 1 atom stereocenters. The average molecular weight is 620 g/mol. The van der Waals surface area contributed by atoms with Crippen molar-refractivity contribution in [3.63, 3.8) is 0 Å². The van der Waals surface area contributed by atoms with E-state index in [0.717, 1.165) is 16.7 Å². The summed E-state index contributed by atoms with van der Waals surface area (Å²) in [7, 11) is 3.15. The summed E-state index contributed by atoms with van der Waals surface area (Å²) in [6, 6.07) is 8.52. The van der Waals surface area contributed by atoms with E-state index in [2.05, 4.69) is 41.5 Å². The smallest absolute Gasteiger partial charge is 0.271 e. The highest BCUT2D eigenvalue weighted by molar-refractivity contribution is 7.07. The molecule has 1 N–H and O–H groups in total. The number of rotatable bonds is 7. The van der Waals surface area contributed by atoms with Crippen molar-refractivity contribution >= 4 is 23.3 Å². The van der Waals surface area contributed by atoms with E-state index in [1.807, 2.05) is 45.0 Å². The first kappa shape index (κ1) is 33.1. The Kier molecular flexibility index (Phi) is 9.22. The van der Waals surface area contributed by atoms with Crippen molar-refractivity contribution in [1.82, 2.24) is 9.47 Å². The predicted octanol–water partition coefficient (Wildman–Crippen LogP) is 5.42. The molecule has 1 aliphatic rings. The molecule has 9 heteroatoms. The molecule has 0 fully saturated rings. The number of hydrogen-bond acceptors (Lipinski definition) is 7. The largest absolute Gasteiger partial charge is 0.507 e. The van der Waals surface area contributed by atoms with E-state index in [-0.39, 0.29) is 28.0 Å². The van der Waals surface area contributed by atoms with Crippen molar-refractivity contribution in [3.05, 3.63) is 83.5 Å². The SMILES string of the molecule is CCN(CC)C(=O)C1=C(C)N=c2s/c(=C/c3cc(C(C)(C)C)c(O)c(C(C)(C)C)c3)c(=O)n2[C@H]1c1cc(OC)ccc1OC. The van der Waals surface area contributed by atoms with Gasteiger partial charge < -0.3 is 19.5 Å². The number of carbonyl (C=O) groups is 1. The maximum absolute atomic E-state index is 14.4. The molecular formula is C35H45N3O5S. The van der Waals surface area contributed by atoms with E-state index in [4.69, 9.17) is 14.5 Å². The highest BCUT2D eigenvalue weighted by Gasteiger charge is 2.36. The standard InChI is InChI=1S/C35H45N3O5S/c1-12-37(13-2)32(41)28-20(3)36-33-38(29(28)23-19-22(42-10)14-15-26(23)43-11)31(40)27(44-33)18-21-16-24(34(4,5)6)30(39)25(17-21)35(7,8)9/h14-19,29,39H,12-13H2,1-11H3/b27-18+/t29-/m0/s1. The van der Waals surface area contributed by atoms with Crippen LogP contribution in [0.1, 0.15) is 90.6 Å². The van der Waals surface area contributed by atoms with Crippen molar-refractivity contribution in [3.8, 4) is 17.2 Å². The molecule has 44 heavy (non-hydrogen) atoms. The Balaban J connectivity index is 2.06. The fourth-order valence-electron chi connectivity index (χ4n) is 5.66. The summed E-state index contributed by atoms with van der Waals surface area (Å²) in [5, 5.41) is 11.2. The number of phenolic OH excluding ortho intramolecular Hbond substituents is 1. The van der Waals surface area contributed by atoms with E-state index in [1.54, 1.807) is 35.8 Å². The maximum atomic E-state index is 14.4. The van der Waals surface area contributed by atoms with E-state index in [0.29, 0.717) is 50.8 Å². The molecule has 0 saturated heterocycles. The quantitative estimate of drug-likeness (QED) is 0.381. The molecule has 0 saturated carbocycles. The second-order valence-electron chi connectivity index (χ2n) is 13.1. The van der Waals surface area contributed by atoms with Gasteiger partial charge in [0, 0.05) is 29.8 Å². The molecule has 236 valence electrons. The molecule has 0 radical (unpaired) electrons. The van der Waals surface area contributed by atoms with Crippen LogP contribution in [0.5, 0.6) is 17.2 Å². The molecule has 1 aromatic heterocycles. The first-order chi connectivity index (χ1) is 20.6. The van der Waals surface area contributed by atoms with E-state index in [9.17, 15) is 14.7 Å². The van der Waals surface area contributed by atoms with E-state index < -0.39 is 6.04 Å². The van der Waals surface area contributed by atoms with Crippen LogP contribution in [-0.4, -0.2) is 47.8 Å². The number of ether oxygens (including phenoxy) is 2. The van der Waals surface area contributed by atoms with Gasteiger partial charge in [-0.25, -0.2) is 4.99 Å². The maximum Gasteiger partial charge on any atom is 0.271 e. The Morgan fingerprint density at radius 1 is 1.02 bits per heavy atom. The van der Waals surface area contributed by atoms with Crippen LogP contribution in [0, 0.1) is 0 Å². The molecule has 1 amide bonds. The summed E-state index contributed by atoms with van der Waals surface area (Å²) in [6.45, 7) is 19.1. The number of methoxy groups -OCH3 is 2. The number of hydrogen-bond donors (Lipinski definition) is 1. The molecule has 3 aromatic rings. The highest BCUT2D eigenvalue weighted by Crippen LogP contribution is 2.40. The molecular weight excluding hydrogens is 574 g/mol. The van der Waals surface area contributed by atoms with Gasteiger partial charge in [-0.1, -0.05) is 52.9 Å². The second kappa shape index (κ2) is 12.3. The van der Waals surface area contributed by atoms with Crippen LogP contribution in [0.4, 0.5) is 0 Å². The third-order valence-electron chi connectivity index (χ3n) is 8.08. The Morgan fingerprint density at radius 3 is 2.11 bits per heavy atom. The summed E-state index contributed by atoms with van der Waals surface area (Å²) in [5.41, 5.74) is 3.16. The van der Waals surface area contributed by atoms with Crippen molar-refractivity contribution in [2.45, 2.75) is 79.2 Å². The second-order valence-corrected chi connectivity index (χ2v) is 14.1. The molecule has 0 spiro atoms. The lowest BCUT2D eigenvalue weighted by molar-refractivity contribution is -0.127. The van der Waals surface area contributed by atoms with Gasteiger partial charge in [0.1, 0.15) is 23.3 Å². The lowest BCUT2D eigenvalue weighted by atomic mass is 9.78. The molecule has 0 bridgehead atoms. The van der Waals surface area contributed by atoms with E-state index in [1.165, 1.54) is 11.3 Å². The Hall–Kier alpha value is -3.85. The molecule has 2 aromatic carbocycles. The first-order valence-corrected chi connectivity index (χ1v) is 15.8. The zero-order valence-electron chi connectivity index (χ0n) is 27.8. The number of thiazole rings is 1. The number of carbonyl (C=O) groups excluding carboxylic acids is 1. The van der Waals surface area contributed by atoms with Crippen molar-refractivity contribution in [1.29, 1.82) is 0 Å².